The zero-order valence-electron chi connectivity index (χ0n) is 17.3. The lowest BCUT2D eigenvalue weighted by Crippen LogP contribution is -2.44. The van der Waals surface area contributed by atoms with E-state index in [2.05, 4.69) is 0 Å². The fourth-order valence-electron chi connectivity index (χ4n) is 4.52. The second kappa shape index (κ2) is 6.71. The summed E-state index contributed by atoms with van der Waals surface area (Å²) in [5, 5.41) is 19.9. The van der Waals surface area contributed by atoms with Gasteiger partial charge in [0.15, 0.2) is 11.6 Å². The van der Waals surface area contributed by atoms with Crippen LogP contribution in [-0.4, -0.2) is 52.9 Å². The van der Waals surface area contributed by atoms with Crippen molar-refractivity contribution in [1.82, 2.24) is 9.24 Å². The summed E-state index contributed by atoms with van der Waals surface area (Å²) in [7, 11) is 1.36. The van der Waals surface area contributed by atoms with Gasteiger partial charge in [-0.25, -0.2) is 9.18 Å². The predicted octanol–water partition coefficient (Wildman–Crippen LogP) is 0.177. The lowest BCUT2D eigenvalue weighted by atomic mass is 9.69. The minimum atomic E-state index is -0.794. The molecule has 0 bridgehead atoms. The van der Waals surface area contributed by atoms with Crippen LogP contribution in [0.4, 0.5) is 10.1 Å². The molecule has 10 heteroatoms. The molecule has 30 heavy (non-hydrogen) atoms. The van der Waals surface area contributed by atoms with E-state index in [1.165, 1.54) is 11.7 Å². The third-order valence-corrected chi connectivity index (χ3v) is 6.95. The second-order valence-electron chi connectivity index (χ2n) is 8.99. The van der Waals surface area contributed by atoms with E-state index in [4.69, 9.17) is 10.6 Å². The molecule has 164 valence electrons. The van der Waals surface area contributed by atoms with Crippen molar-refractivity contribution >= 4 is 16.6 Å². The average molecular weight is 422 g/mol. The Hall–Kier alpha value is -2.59. The van der Waals surface area contributed by atoms with Crippen molar-refractivity contribution in [1.29, 1.82) is 0 Å². The molecule has 2 fully saturated rings. The Labute approximate surface area is 172 Å². The third kappa shape index (κ3) is 2.66. The summed E-state index contributed by atoms with van der Waals surface area (Å²) in [5.74, 6) is 5.05. The molecule has 1 aliphatic heterocycles. The second-order valence-corrected chi connectivity index (χ2v) is 8.99. The van der Waals surface area contributed by atoms with Crippen molar-refractivity contribution in [3.63, 3.8) is 0 Å². The van der Waals surface area contributed by atoms with E-state index in [1.807, 2.05) is 13.8 Å². The van der Waals surface area contributed by atoms with Crippen molar-refractivity contribution in [2.24, 2.45) is 10.8 Å². The summed E-state index contributed by atoms with van der Waals surface area (Å²) < 4.78 is 22.8. The summed E-state index contributed by atoms with van der Waals surface area (Å²) in [5.41, 5.74) is -2.53. The van der Waals surface area contributed by atoms with Gasteiger partial charge < -0.3 is 25.7 Å². The quantitative estimate of drug-likeness (QED) is 0.587. The number of methoxy groups -OCH3 is 1. The highest BCUT2D eigenvalue weighted by atomic mass is 19.1. The van der Waals surface area contributed by atoms with Crippen molar-refractivity contribution < 1.29 is 19.3 Å². The van der Waals surface area contributed by atoms with Gasteiger partial charge in [-0.2, -0.15) is 4.68 Å². The number of aliphatic hydroxyl groups excluding tert-OH is 2. The van der Waals surface area contributed by atoms with Gasteiger partial charge in [0.25, 0.3) is 5.56 Å². The zero-order valence-corrected chi connectivity index (χ0v) is 17.3. The van der Waals surface area contributed by atoms with Crippen LogP contribution in [0.3, 0.4) is 0 Å². The maximum Gasteiger partial charge on any atom is 0.350 e. The summed E-state index contributed by atoms with van der Waals surface area (Å²) in [4.78, 5) is 27.1. The van der Waals surface area contributed by atoms with E-state index in [0.29, 0.717) is 4.68 Å². The summed E-state index contributed by atoms with van der Waals surface area (Å²) in [6.07, 6.45) is 1.50. The number of anilines is 1. The van der Waals surface area contributed by atoms with Crippen LogP contribution in [0.25, 0.3) is 10.9 Å². The van der Waals surface area contributed by atoms with E-state index < -0.39 is 27.9 Å². The molecular weight excluding hydrogens is 395 g/mol. The monoisotopic (exact) mass is 422 g/mol. The van der Waals surface area contributed by atoms with Gasteiger partial charge in [-0.1, -0.05) is 13.8 Å². The lowest BCUT2D eigenvalue weighted by molar-refractivity contribution is 0.00976. The molecule has 0 spiro atoms. The Morgan fingerprint density at radius 2 is 1.77 bits per heavy atom. The topological polar surface area (TPSA) is 123 Å². The van der Waals surface area contributed by atoms with Crippen molar-refractivity contribution in [3.8, 4) is 5.75 Å². The van der Waals surface area contributed by atoms with E-state index in [9.17, 15) is 19.8 Å². The SMILES string of the molecule is COc1c(N2C[C@](C)(CO)[C@](C)(CO)C2)c(F)cc2c(=O)n(N)c(=O)n(C3CC3)c12. The Morgan fingerprint density at radius 3 is 2.23 bits per heavy atom. The van der Waals surface area contributed by atoms with Crippen LogP contribution in [0.1, 0.15) is 32.7 Å². The molecule has 0 unspecified atom stereocenters. The van der Waals surface area contributed by atoms with Crippen LogP contribution >= 0.6 is 0 Å². The molecule has 1 aliphatic carbocycles. The molecule has 4 N–H and O–H groups in total. The Kier molecular flexibility index (Phi) is 4.62. The number of halogens is 1. The molecule has 1 saturated heterocycles. The van der Waals surface area contributed by atoms with Gasteiger partial charge in [-0.15, -0.1) is 0 Å². The van der Waals surface area contributed by atoms with Crippen molar-refractivity contribution in [2.45, 2.75) is 32.7 Å². The molecule has 2 atom stereocenters. The number of benzene rings is 1. The molecular formula is C20H27FN4O5. The van der Waals surface area contributed by atoms with Gasteiger partial charge in [-0.3, -0.25) is 9.36 Å². The van der Waals surface area contributed by atoms with Gasteiger partial charge in [0, 0.05) is 30.0 Å². The normalized spacial score (nSPS) is 26.5. The predicted molar refractivity (Wildman–Crippen MR) is 110 cm³/mol. The maximum absolute atomic E-state index is 15.4. The van der Waals surface area contributed by atoms with Crippen molar-refractivity contribution in [3.05, 3.63) is 32.7 Å². The van der Waals surface area contributed by atoms with E-state index in [1.54, 1.807) is 4.90 Å². The molecule has 9 nitrogen and oxygen atoms in total. The van der Waals surface area contributed by atoms with Crippen LogP contribution < -0.4 is 26.7 Å². The van der Waals surface area contributed by atoms with Crippen molar-refractivity contribution in [2.75, 3.05) is 44.2 Å². The Balaban J connectivity index is 2.02. The first-order valence-corrected chi connectivity index (χ1v) is 9.92. The van der Waals surface area contributed by atoms with Crippen LogP contribution in [0.15, 0.2) is 15.7 Å². The van der Waals surface area contributed by atoms with Crippen LogP contribution in [0.2, 0.25) is 0 Å². The lowest BCUT2D eigenvalue weighted by Gasteiger charge is -2.36. The number of hydrogen-bond donors (Lipinski definition) is 3. The average Bonchev–Trinajstić information content (AvgIpc) is 3.52. The van der Waals surface area contributed by atoms with E-state index in [0.717, 1.165) is 18.9 Å². The minimum Gasteiger partial charge on any atom is -0.492 e. The number of ether oxygens (including phenoxy) is 1. The number of fused-ring (bicyclic) bond motifs is 1. The highest BCUT2D eigenvalue weighted by molar-refractivity contribution is 5.91. The molecule has 2 heterocycles. The number of nitrogens with two attached hydrogens (primary N) is 1. The maximum atomic E-state index is 15.4. The van der Waals surface area contributed by atoms with Gasteiger partial charge in [0.05, 0.1) is 25.7 Å². The first-order chi connectivity index (χ1) is 14.1. The molecule has 2 aliphatic rings. The summed E-state index contributed by atoms with van der Waals surface area (Å²) >= 11 is 0. The van der Waals surface area contributed by atoms with Gasteiger partial charge in [-0.05, 0) is 18.9 Å². The van der Waals surface area contributed by atoms with E-state index >= 15 is 4.39 Å². The molecule has 4 rings (SSSR count). The number of nitrogen functional groups attached to an aromatic ring is 1. The van der Waals surface area contributed by atoms with E-state index in [-0.39, 0.29) is 54.7 Å². The van der Waals surface area contributed by atoms with Crippen LogP contribution in [0.5, 0.6) is 5.75 Å². The third-order valence-electron chi connectivity index (χ3n) is 6.95. The fraction of sp³-hybridized carbons (Fsp3) is 0.600. The molecule has 1 aromatic carbocycles. The zero-order chi connectivity index (χ0) is 22.0. The highest BCUT2D eigenvalue weighted by Gasteiger charge is 2.52. The fourth-order valence-corrected chi connectivity index (χ4v) is 4.52. The number of rotatable bonds is 5. The van der Waals surface area contributed by atoms with Gasteiger partial charge >= 0.3 is 5.69 Å². The summed E-state index contributed by atoms with van der Waals surface area (Å²) in [6.45, 7) is 3.82. The standard InChI is InChI=1S/C20H27FN4O5/c1-19(9-26)7-23(8-20(19,2)10-27)15-13(21)6-12-14(16(15)30-3)24(11-4-5-11)18(29)25(22)17(12)28/h6,11,26-27H,4-5,7-10,22H2,1-3H3/t19-,20+. The number of aliphatic hydroxyl groups is 2. The number of hydrogen-bond acceptors (Lipinski definition) is 7. The number of nitrogens with zero attached hydrogens (tertiary/aromatic N) is 3. The molecule has 0 amide bonds. The molecule has 1 saturated carbocycles. The number of aromatic nitrogens is 2. The molecule has 1 aromatic heterocycles. The van der Waals surface area contributed by atoms with Gasteiger partial charge in [0.1, 0.15) is 11.2 Å². The summed E-state index contributed by atoms with van der Waals surface area (Å²) in [6, 6.07) is 0.953. The Morgan fingerprint density at radius 1 is 1.20 bits per heavy atom. The van der Waals surface area contributed by atoms with Gasteiger partial charge in [0.2, 0.25) is 0 Å². The highest BCUT2D eigenvalue weighted by Crippen LogP contribution is 2.50. The molecule has 2 aromatic rings. The first kappa shape index (κ1) is 20.7. The van der Waals surface area contributed by atoms with Crippen LogP contribution in [-0.2, 0) is 0 Å². The largest absolute Gasteiger partial charge is 0.492 e. The Bertz CT molecular complexity index is 1120. The van der Waals surface area contributed by atoms with Crippen LogP contribution in [0, 0.1) is 16.6 Å². The smallest absolute Gasteiger partial charge is 0.350 e. The first-order valence-electron chi connectivity index (χ1n) is 9.92. The molecule has 0 radical (unpaired) electrons. The minimum absolute atomic E-state index is 0.0314.